The number of rotatable bonds is 3. The van der Waals surface area contributed by atoms with Gasteiger partial charge in [0.25, 0.3) is 0 Å². The molecule has 0 fully saturated rings. The van der Waals surface area contributed by atoms with Gasteiger partial charge in [-0.3, -0.25) is 0 Å². The van der Waals surface area contributed by atoms with E-state index in [0.29, 0.717) is 6.61 Å². The van der Waals surface area contributed by atoms with Crippen molar-refractivity contribution in [2.45, 2.75) is 20.8 Å². The average Bonchev–Trinajstić information content (AvgIpc) is 1.87. The number of esters is 1. The van der Waals surface area contributed by atoms with Crippen LogP contribution in [0, 0.1) is 0 Å². The van der Waals surface area contributed by atoms with Crippen molar-refractivity contribution >= 4 is 5.97 Å². The van der Waals surface area contributed by atoms with Crippen molar-refractivity contribution in [3.8, 4) is 0 Å². The molecule has 0 heterocycles. The van der Waals surface area contributed by atoms with Crippen LogP contribution in [0.5, 0.6) is 0 Å². The second kappa shape index (κ2) is 5.71. The van der Waals surface area contributed by atoms with E-state index in [2.05, 4.69) is 0 Å². The van der Waals surface area contributed by atoms with Gasteiger partial charge in [0.1, 0.15) is 0 Å². The van der Waals surface area contributed by atoms with Gasteiger partial charge in [-0.15, -0.1) is 0 Å². The SMILES string of the molecule is C/C=C/C(C)=C\C(=O)OCC. The quantitative estimate of drug-likeness (QED) is 0.353. The lowest BCUT2D eigenvalue weighted by Crippen LogP contribution is -1.99. The molecule has 62 valence electrons. The summed E-state index contributed by atoms with van der Waals surface area (Å²) < 4.78 is 4.71. The molecule has 0 atom stereocenters. The molecule has 2 heteroatoms. The van der Waals surface area contributed by atoms with Crippen LogP contribution in [0.4, 0.5) is 0 Å². The first-order valence-corrected chi connectivity index (χ1v) is 3.68. The molecule has 0 amide bonds. The van der Waals surface area contributed by atoms with Gasteiger partial charge in [-0.05, 0) is 26.3 Å². The summed E-state index contributed by atoms with van der Waals surface area (Å²) in [5, 5.41) is 0. The fourth-order valence-electron chi connectivity index (χ4n) is 0.681. The van der Waals surface area contributed by atoms with Crippen molar-refractivity contribution in [3.63, 3.8) is 0 Å². The van der Waals surface area contributed by atoms with Crippen molar-refractivity contribution in [2.24, 2.45) is 0 Å². The maximum Gasteiger partial charge on any atom is 0.330 e. The average molecular weight is 154 g/mol. The van der Waals surface area contributed by atoms with Crippen LogP contribution in [-0.4, -0.2) is 12.6 Å². The van der Waals surface area contributed by atoms with Crippen LogP contribution in [-0.2, 0) is 9.53 Å². The molecule has 0 aliphatic carbocycles. The van der Waals surface area contributed by atoms with Gasteiger partial charge in [0, 0.05) is 6.08 Å². The molecule has 11 heavy (non-hydrogen) atoms. The van der Waals surface area contributed by atoms with Crippen LogP contribution in [0.3, 0.4) is 0 Å². The third kappa shape index (κ3) is 5.40. The van der Waals surface area contributed by atoms with Crippen molar-refractivity contribution in [3.05, 3.63) is 23.8 Å². The van der Waals surface area contributed by atoms with E-state index in [4.69, 9.17) is 4.74 Å². The first-order valence-electron chi connectivity index (χ1n) is 3.68. The summed E-state index contributed by atoms with van der Waals surface area (Å²) in [5.74, 6) is -0.275. The number of hydrogen-bond donors (Lipinski definition) is 0. The predicted molar refractivity (Wildman–Crippen MR) is 45.2 cm³/mol. The van der Waals surface area contributed by atoms with Gasteiger partial charge in [0.2, 0.25) is 0 Å². The Labute approximate surface area is 67.6 Å². The lowest BCUT2D eigenvalue weighted by molar-refractivity contribution is -0.137. The number of allylic oxidation sites excluding steroid dienone is 3. The maximum atomic E-state index is 10.8. The van der Waals surface area contributed by atoms with Crippen LogP contribution in [0.1, 0.15) is 20.8 Å². The predicted octanol–water partition coefficient (Wildman–Crippen LogP) is 2.07. The highest BCUT2D eigenvalue weighted by Gasteiger charge is 1.93. The van der Waals surface area contributed by atoms with Gasteiger partial charge in [-0.25, -0.2) is 4.79 Å². The molecule has 0 aliphatic rings. The zero-order valence-corrected chi connectivity index (χ0v) is 7.26. The molecule has 0 rings (SSSR count). The van der Waals surface area contributed by atoms with Crippen LogP contribution < -0.4 is 0 Å². The van der Waals surface area contributed by atoms with Gasteiger partial charge in [-0.2, -0.15) is 0 Å². The minimum absolute atomic E-state index is 0.275. The highest BCUT2D eigenvalue weighted by atomic mass is 16.5. The molecular weight excluding hydrogens is 140 g/mol. The number of carbonyl (C=O) groups is 1. The second-order valence-electron chi connectivity index (χ2n) is 2.14. The zero-order valence-electron chi connectivity index (χ0n) is 7.26. The fourth-order valence-corrected chi connectivity index (χ4v) is 0.681. The largest absolute Gasteiger partial charge is 0.463 e. The van der Waals surface area contributed by atoms with Crippen LogP contribution in [0.2, 0.25) is 0 Å². The number of hydrogen-bond acceptors (Lipinski definition) is 2. The summed E-state index contributed by atoms with van der Waals surface area (Å²) in [4.78, 5) is 10.8. The molecule has 0 radical (unpaired) electrons. The Morgan fingerprint density at radius 2 is 2.18 bits per heavy atom. The molecule has 2 nitrogen and oxygen atoms in total. The Morgan fingerprint density at radius 3 is 2.64 bits per heavy atom. The van der Waals surface area contributed by atoms with Crippen LogP contribution in [0.15, 0.2) is 23.8 Å². The molecule has 0 saturated heterocycles. The Morgan fingerprint density at radius 1 is 1.55 bits per heavy atom. The van der Waals surface area contributed by atoms with E-state index >= 15 is 0 Å². The van der Waals surface area contributed by atoms with E-state index in [0.717, 1.165) is 5.57 Å². The van der Waals surface area contributed by atoms with Gasteiger partial charge in [0.05, 0.1) is 6.61 Å². The Balaban J connectivity index is 3.96. The molecule has 0 aromatic heterocycles. The standard InChI is InChI=1S/C9H14O2/c1-4-6-8(3)7-9(10)11-5-2/h4,6-7H,5H2,1-3H3/b6-4+,8-7-. The third-order valence-electron chi connectivity index (χ3n) is 1.06. The molecule has 0 saturated carbocycles. The van der Waals surface area contributed by atoms with Gasteiger partial charge >= 0.3 is 5.97 Å². The lowest BCUT2D eigenvalue weighted by atomic mass is 10.2. The summed E-state index contributed by atoms with van der Waals surface area (Å²) in [6.07, 6.45) is 5.21. The first kappa shape index (κ1) is 9.95. The topological polar surface area (TPSA) is 26.3 Å². The van der Waals surface area contributed by atoms with Crippen molar-refractivity contribution in [2.75, 3.05) is 6.61 Å². The zero-order chi connectivity index (χ0) is 8.69. The maximum absolute atomic E-state index is 10.8. The molecule has 0 unspecified atom stereocenters. The molecule has 0 aromatic rings. The third-order valence-corrected chi connectivity index (χ3v) is 1.06. The molecule has 0 spiro atoms. The molecular formula is C9H14O2. The molecule has 0 N–H and O–H groups in total. The van der Waals surface area contributed by atoms with Gasteiger partial charge in [0.15, 0.2) is 0 Å². The van der Waals surface area contributed by atoms with E-state index < -0.39 is 0 Å². The second-order valence-corrected chi connectivity index (χ2v) is 2.14. The number of ether oxygens (including phenoxy) is 1. The molecule has 0 aromatic carbocycles. The van der Waals surface area contributed by atoms with Crippen LogP contribution in [0.25, 0.3) is 0 Å². The van der Waals surface area contributed by atoms with Crippen molar-refractivity contribution < 1.29 is 9.53 Å². The van der Waals surface area contributed by atoms with Crippen molar-refractivity contribution in [1.82, 2.24) is 0 Å². The highest BCUT2D eigenvalue weighted by molar-refractivity contribution is 5.83. The van der Waals surface area contributed by atoms with Crippen LogP contribution >= 0.6 is 0 Å². The van der Waals surface area contributed by atoms with E-state index in [1.807, 2.05) is 26.0 Å². The van der Waals surface area contributed by atoms with E-state index in [-0.39, 0.29) is 5.97 Å². The monoisotopic (exact) mass is 154 g/mol. The summed E-state index contributed by atoms with van der Waals surface area (Å²) in [6.45, 7) is 5.98. The fraction of sp³-hybridized carbons (Fsp3) is 0.444. The molecule has 0 aliphatic heterocycles. The van der Waals surface area contributed by atoms with Gasteiger partial charge in [-0.1, -0.05) is 12.2 Å². The summed E-state index contributed by atoms with van der Waals surface area (Å²) >= 11 is 0. The summed E-state index contributed by atoms with van der Waals surface area (Å²) in [5.41, 5.74) is 0.908. The Bertz CT molecular complexity index is 178. The Hall–Kier alpha value is -1.05. The number of carbonyl (C=O) groups excluding carboxylic acids is 1. The highest BCUT2D eigenvalue weighted by Crippen LogP contribution is 1.95. The van der Waals surface area contributed by atoms with E-state index in [1.165, 1.54) is 6.08 Å². The van der Waals surface area contributed by atoms with Crippen molar-refractivity contribution in [1.29, 1.82) is 0 Å². The minimum atomic E-state index is -0.275. The summed E-state index contributed by atoms with van der Waals surface area (Å²) in [7, 11) is 0. The summed E-state index contributed by atoms with van der Waals surface area (Å²) in [6, 6.07) is 0. The van der Waals surface area contributed by atoms with E-state index in [9.17, 15) is 4.79 Å². The lowest BCUT2D eigenvalue weighted by Gasteiger charge is -1.95. The Kier molecular flexibility index (Phi) is 5.17. The van der Waals surface area contributed by atoms with Gasteiger partial charge < -0.3 is 4.74 Å². The normalized spacial score (nSPS) is 12.1. The molecule has 0 bridgehead atoms. The first-order chi connectivity index (χ1) is 5.20. The van der Waals surface area contributed by atoms with E-state index in [1.54, 1.807) is 6.92 Å². The smallest absolute Gasteiger partial charge is 0.330 e. The minimum Gasteiger partial charge on any atom is -0.463 e.